The molecular formula is C24H28BNO3. The quantitative estimate of drug-likeness (QED) is 0.588. The first kappa shape index (κ1) is 21.1. The van der Waals surface area contributed by atoms with Crippen molar-refractivity contribution in [1.82, 2.24) is 0 Å². The Morgan fingerprint density at radius 3 is 1.52 bits per heavy atom. The number of para-hydroxylation sites is 2. The zero-order chi connectivity index (χ0) is 21.1. The Balaban J connectivity index is 1.89. The van der Waals surface area contributed by atoms with Gasteiger partial charge in [-0.1, -0.05) is 48.5 Å². The maximum absolute atomic E-state index is 10.5. The number of nitrogens with zero attached hydrogens (tertiary/aromatic N) is 1. The Kier molecular flexibility index (Phi) is 6.13. The molecule has 0 radical (unpaired) electrons. The van der Waals surface area contributed by atoms with Crippen molar-refractivity contribution >= 4 is 29.6 Å². The van der Waals surface area contributed by atoms with E-state index in [1.165, 1.54) is 0 Å². The van der Waals surface area contributed by atoms with E-state index in [1.807, 2.05) is 60.7 Å². The molecule has 0 aliphatic carbocycles. The lowest BCUT2D eigenvalue weighted by molar-refractivity contribution is -0.0982. The highest BCUT2D eigenvalue weighted by atomic mass is 16.5. The third-order valence-corrected chi connectivity index (χ3v) is 5.34. The van der Waals surface area contributed by atoms with E-state index in [4.69, 9.17) is 4.65 Å². The lowest BCUT2D eigenvalue weighted by Gasteiger charge is -2.38. The normalized spacial score (nSPS) is 11.9. The van der Waals surface area contributed by atoms with Gasteiger partial charge in [0.15, 0.2) is 0 Å². The van der Waals surface area contributed by atoms with E-state index in [2.05, 4.69) is 29.2 Å². The van der Waals surface area contributed by atoms with Crippen molar-refractivity contribution in [3.63, 3.8) is 0 Å². The van der Waals surface area contributed by atoms with Crippen LogP contribution in [0, 0.1) is 0 Å². The maximum atomic E-state index is 10.5. The van der Waals surface area contributed by atoms with Crippen LogP contribution in [0.25, 0.3) is 0 Å². The van der Waals surface area contributed by atoms with E-state index in [1.54, 1.807) is 27.7 Å². The molecule has 150 valence electrons. The third-order valence-electron chi connectivity index (χ3n) is 5.34. The van der Waals surface area contributed by atoms with Crippen LogP contribution in [0.15, 0.2) is 84.9 Å². The first-order valence-electron chi connectivity index (χ1n) is 9.77. The van der Waals surface area contributed by atoms with Gasteiger partial charge in [-0.05, 0) is 69.6 Å². The van der Waals surface area contributed by atoms with E-state index in [0.29, 0.717) is 5.46 Å². The summed E-state index contributed by atoms with van der Waals surface area (Å²) in [5, 5.41) is 20.8. The second-order valence-corrected chi connectivity index (χ2v) is 8.14. The molecule has 0 saturated heterocycles. The van der Waals surface area contributed by atoms with E-state index in [9.17, 15) is 10.1 Å². The van der Waals surface area contributed by atoms with Gasteiger partial charge in [0, 0.05) is 17.1 Å². The van der Waals surface area contributed by atoms with Gasteiger partial charge in [0.25, 0.3) is 0 Å². The topological polar surface area (TPSA) is 52.9 Å². The van der Waals surface area contributed by atoms with Crippen LogP contribution in [0.5, 0.6) is 0 Å². The Bertz CT molecular complexity index is 867. The van der Waals surface area contributed by atoms with Crippen LogP contribution in [0.2, 0.25) is 0 Å². The molecule has 0 aliphatic heterocycles. The highest BCUT2D eigenvalue weighted by Crippen LogP contribution is 2.33. The summed E-state index contributed by atoms with van der Waals surface area (Å²) in [7, 11) is -1.13. The number of rotatable bonds is 7. The number of hydrogen-bond donors (Lipinski definition) is 2. The fourth-order valence-electron chi connectivity index (χ4n) is 2.88. The van der Waals surface area contributed by atoms with Crippen molar-refractivity contribution in [2.45, 2.75) is 38.9 Å². The van der Waals surface area contributed by atoms with Gasteiger partial charge < -0.3 is 19.7 Å². The monoisotopic (exact) mass is 389 g/mol. The Labute approximate surface area is 173 Å². The average Bonchev–Trinajstić information content (AvgIpc) is 2.69. The van der Waals surface area contributed by atoms with Crippen LogP contribution in [-0.2, 0) is 4.65 Å². The molecule has 0 fully saturated rings. The molecule has 0 bridgehead atoms. The molecule has 0 amide bonds. The van der Waals surface area contributed by atoms with Crippen molar-refractivity contribution in [2.24, 2.45) is 0 Å². The second-order valence-electron chi connectivity index (χ2n) is 8.14. The molecule has 0 unspecified atom stereocenters. The van der Waals surface area contributed by atoms with Crippen LogP contribution < -0.4 is 10.4 Å². The van der Waals surface area contributed by atoms with Crippen molar-refractivity contribution in [1.29, 1.82) is 0 Å². The van der Waals surface area contributed by atoms with Gasteiger partial charge in [-0.3, -0.25) is 0 Å². The first-order chi connectivity index (χ1) is 13.7. The van der Waals surface area contributed by atoms with E-state index in [-0.39, 0.29) is 0 Å². The summed E-state index contributed by atoms with van der Waals surface area (Å²) in [6.07, 6.45) is 0. The predicted octanol–water partition coefficient (Wildman–Crippen LogP) is 4.41. The van der Waals surface area contributed by atoms with E-state index < -0.39 is 18.3 Å². The zero-order valence-corrected chi connectivity index (χ0v) is 17.4. The summed E-state index contributed by atoms with van der Waals surface area (Å²) >= 11 is 0. The van der Waals surface area contributed by atoms with E-state index in [0.717, 1.165) is 17.1 Å². The standard InChI is InChI=1S/C24H28BNO3/c1-23(2,27)24(3,4)29-25(28)19-15-17-22(18-16-19)26(20-11-7-5-8-12-20)21-13-9-6-10-14-21/h5-18,27-28H,1-4H3. The van der Waals surface area contributed by atoms with Gasteiger partial charge in [0.2, 0.25) is 0 Å². The molecule has 0 heterocycles. The molecule has 29 heavy (non-hydrogen) atoms. The highest BCUT2D eigenvalue weighted by molar-refractivity contribution is 6.60. The van der Waals surface area contributed by atoms with Crippen LogP contribution in [-0.4, -0.2) is 28.5 Å². The Hall–Kier alpha value is -2.60. The molecule has 4 nitrogen and oxygen atoms in total. The predicted molar refractivity (Wildman–Crippen MR) is 120 cm³/mol. The molecule has 0 saturated carbocycles. The van der Waals surface area contributed by atoms with Gasteiger partial charge in [0.1, 0.15) is 0 Å². The van der Waals surface area contributed by atoms with Crippen molar-refractivity contribution in [3.8, 4) is 0 Å². The van der Waals surface area contributed by atoms with Gasteiger partial charge in [0.05, 0.1) is 11.2 Å². The molecule has 0 aliphatic rings. The average molecular weight is 389 g/mol. The summed E-state index contributed by atoms with van der Waals surface area (Å²) in [6, 6.07) is 27.9. The summed E-state index contributed by atoms with van der Waals surface area (Å²) in [5.74, 6) is 0. The number of benzene rings is 3. The largest absolute Gasteiger partial charge is 0.491 e. The highest BCUT2D eigenvalue weighted by Gasteiger charge is 2.39. The SMILES string of the molecule is CC(C)(O)C(C)(C)OB(O)c1ccc(N(c2ccccc2)c2ccccc2)cc1. The molecule has 0 spiro atoms. The lowest BCUT2D eigenvalue weighted by Crippen LogP contribution is -2.53. The zero-order valence-electron chi connectivity index (χ0n) is 17.4. The first-order valence-corrected chi connectivity index (χ1v) is 9.77. The fourth-order valence-corrected chi connectivity index (χ4v) is 2.88. The van der Waals surface area contributed by atoms with Crippen molar-refractivity contribution in [2.75, 3.05) is 4.90 Å². The number of aliphatic hydroxyl groups is 1. The summed E-state index contributed by atoms with van der Waals surface area (Å²) in [6.45, 7) is 6.86. The summed E-state index contributed by atoms with van der Waals surface area (Å²) in [4.78, 5) is 2.15. The number of hydrogen-bond acceptors (Lipinski definition) is 4. The molecule has 3 rings (SSSR count). The Morgan fingerprint density at radius 1 is 0.690 bits per heavy atom. The van der Waals surface area contributed by atoms with E-state index >= 15 is 0 Å². The molecule has 3 aromatic carbocycles. The van der Waals surface area contributed by atoms with Crippen LogP contribution >= 0.6 is 0 Å². The van der Waals surface area contributed by atoms with Gasteiger partial charge >= 0.3 is 7.12 Å². The van der Waals surface area contributed by atoms with Crippen molar-refractivity contribution in [3.05, 3.63) is 84.9 Å². The molecule has 3 aromatic rings. The Morgan fingerprint density at radius 2 is 1.10 bits per heavy atom. The third kappa shape index (κ3) is 4.88. The maximum Gasteiger partial charge on any atom is 0.491 e. The van der Waals surface area contributed by atoms with Crippen LogP contribution in [0.1, 0.15) is 27.7 Å². The molecule has 0 aromatic heterocycles. The summed E-state index contributed by atoms with van der Waals surface area (Å²) < 4.78 is 5.75. The van der Waals surface area contributed by atoms with Gasteiger partial charge in [-0.25, -0.2) is 0 Å². The fraction of sp³-hybridized carbons (Fsp3) is 0.250. The molecule has 2 N–H and O–H groups in total. The molecule has 0 atom stereocenters. The van der Waals surface area contributed by atoms with Crippen LogP contribution in [0.3, 0.4) is 0 Å². The van der Waals surface area contributed by atoms with Crippen LogP contribution in [0.4, 0.5) is 17.1 Å². The minimum Gasteiger partial charge on any atom is -0.423 e. The van der Waals surface area contributed by atoms with Gasteiger partial charge in [-0.15, -0.1) is 0 Å². The van der Waals surface area contributed by atoms with Crippen molar-refractivity contribution < 1.29 is 14.8 Å². The number of anilines is 3. The molecular weight excluding hydrogens is 361 g/mol. The lowest BCUT2D eigenvalue weighted by atomic mass is 9.76. The smallest absolute Gasteiger partial charge is 0.423 e. The second kappa shape index (κ2) is 8.41. The van der Waals surface area contributed by atoms with Gasteiger partial charge in [-0.2, -0.15) is 0 Å². The molecule has 5 heteroatoms. The summed E-state index contributed by atoms with van der Waals surface area (Å²) in [5.41, 5.74) is 1.70. The minimum absolute atomic E-state index is 0.632. The minimum atomic E-state index is -1.13.